The van der Waals surface area contributed by atoms with Crippen LogP contribution in [0.4, 0.5) is 4.79 Å². The van der Waals surface area contributed by atoms with Gasteiger partial charge < -0.3 is 24.9 Å². The topological polar surface area (TPSA) is 116 Å². The molecule has 3 fully saturated rings. The van der Waals surface area contributed by atoms with Crippen LogP contribution in [0.1, 0.15) is 99.4 Å². The van der Waals surface area contributed by atoms with Gasteiger partial charge in [0.2, 0.25) is 5.91 Å². The summed E-state index contributed by atoms with van der Waals surface area (Å²) in [5, 5.41) is 2.77. The number of amides is 2. The molecule has 272 valence electrons. The molecule has 2 amide bonds. The first-order valence-electron chi connectivity index (χ1n) is 19.3. The molecule has 4 aliphatic carbocycles. The number of fused-ring (bicyclic) bond motifs is 2. The molecule has 3 heterocycles. The predicted octanol–water partition coefficient (Wildman–Crippen LogP) is 9.30. The average molecular weight is 709 g/mol. The van der Waals surface area contributed by atoms with Crippen molar-refractivity contribution in [3.8, 4) is 44.8 Å². The zero-order chi connectivity index (χ0) is 36.4. The number of alkyl carbamates (subject to hydrolysis) is 1. The zero-order valence-electron chi connectivity index (χ0n) is 31.0. The Bertz CT molecular complexity index is 2170. The number of ether oxygens (including phenoxy) is 1. The number of aryl methyl sites for hydroxylation is 1. The summed E-state index contributed by atoms with van der Waals surface area (Å²) in [6.45, 7) is 6.57. The molecule has 1 aliphatic heterocycles. The maximum atomic E-state index is 13.9. The lowest BCUT2D eigenvalue weighted by Gasteiger charge is -2.41. The second-order valence-electron chi connectivity index (χ2n) is 16.3. The van der Waals surface area contributed by atoms with Gasteiger partial charge in [0.25, 0.3) is 0 Å². The van der Waals surface area contributed by atoms with Crippen LogP contribution in [-0.4, -0.2) is 56.5 Å². The van der Waals surface area contributed by atoms with Crippen molar-refractivity contribution >= 4 is 12.0 Å². The van der Waals surface area contributed by atoms with E-state index in [1.807, 2.05) is 38.1 Å². The van der Waals surface area contributed by atoms with Gasteiger partial charge in [-0.15, -0.1) is 0 Å². The third kappa shape index (κ3) is 6.04. The molecule has 2 saturated carbocycles. The predicted molar refractivity (Wildman–Crippen MR) is 206 cm³/mol. The molecule has 2 atom stereocenters. The Morgan fingerprint density at radius 3 is 1.81 bits per heavy atom. The number of hydrogen-bond acceptors (Lipinski definition) is 5. The lowest BCUT2D eigenvalue weighted by molar-refractivity contribution is -0.135. The van der Waals surface area contributed by atoms with Crippen LogP contribution in [0, 0.1) is 18.3 Å². The fourth-order valence-electron chi connectivity index (χ4n) is 9.52. The zero-order valence-corrected chi connectivity index (χ0v) is 31.0. The van der Waals surface area contributed by atoms with Gasteiger partial charge >= 0.3 is 6.09 Å². The van der Waals surface area contributed by atoms with Crippen LogP contribution in [0.25, 0.3) is 44.8 Å². The van der Waals surface area contributed by atoms with Crippen molar-refractivity contribution in [3.05, 3.63) is 95.8 Å². The molecule has 10 rings (SSSR count). The molecule has 1 spiro atoms. The minimum absolute atomic E-state index is 0.0780. The summed E-state index contributed by atoms with van der Waals surface area (Å²) in [4.78, 5) is 44.1. The molecule has 9 heteroatoms. The van der Waals surface area contributed by atoms with Crippen LogP contribution in [0.2, 0.25) is 0 Å². The standard InChI is InChI=1S/C44H48N6O3/c1-25(2)40(49-43(52)53-4)42(51)50-24-44(19-20-44)21-37(50)41-46-23-36(48-41)30-11-7-28(8-12-30)34-18-17-33(38-31-13-15-32(16-14-31)39(34)38)27-5-9-29(10-6-27)35-22-45-26(3)47-35/h5-12,17-18,22-23,25,31-32,37,40H,13-16,19-21,24H2,1-4H3,(H,45,47)(H,46,48)(H,49,52)/t31?,32?,37-,40-/m0/s1. The van der Waals surface area contributed by atoms with Crippen molar-refractivity contribution in [2.24, 2.45) is 11.3 Å². The van der Waals surface area contributed by atoms with Crippen LogP contribution in [0.15, 0.2) is 73.1 Å². The Balaban J connectivity index is 0.986. The van der Waals surface area contributed by atoms with Gasteiger partial charge in [-0.25, -0.2) is 14.8 Å². The maximum absolute atomic E-state index is 13.9. The third-order valence-electron chi connectivity index (χ3n) is 12.6. The molecule has 5 aromatic rings. The van der Waals surface area contributed by atoms with Crippen LogP contribution >= 0.6 is 0 Å². The van der Waals surface area contributed by atoms with Gasteiger partial charge in [0, 0.05) is 6.54 Å². The number of nitrogens with one attached hydrogen (secondary N) is 3. The summed E-state index contributed by atoms with van der Waals surface area (Å²) in [5.41, 5.74) is 12.7. The van der Waals surface area contributed by atoms with E-state index in [-0.39, 0.29) is 23.3 Å². The normalized spacial score (nSPS) is 21.5. The molecule has 1 saturated heterocycles. The number of benzene rings is 3. The van der Waals surface area contributed by atoms with E-state index in [2.05, 4.69) is 80.9 Å². The van der Waals surface area contributed by atoms with Gasteiger partial charge in [0.1, 0.15) is 17.7 Å². The number of H-pyrrole nitrogens is 2. The number of imidazole rings is 2. The van der Waals surface area contributed by atoms with E-state index in [1.165, 1.54) is 55.0 Å². The molecule has 0 unspecified atom stereocenters. The molecule has 53 heavy (non-hydrogen) atoms. The van der Waals surface area contributed by atoms with Crippen LogP contribution in [0.3, 0.4) is 0 Å². The number of nitrogens with zero attached hydrogens (tertiary/aromatic N) is 3. The van der Waals surface area contributed by atoms with E-state index in [0.717, 1.165) is 53.4 Å². The highest BCUT2D eigenvalue weighted by molar-refractivity contribution is 5.87. The van der Waals surface area contributed by atoms with E-state index < -0.39 is 12.1 Å². The van der Waals surface area contributed by atoms with E-state index in [9.17, 15) is 9.59 Å². The fourth-order valence-corrected chi connectivity index (χ4v) is 9.52. The van der Waals surface area contributed by atoms with E-state index in [1.54, 1.807) is 11.1 Å². The molecule has 3 aromatic carbocycles. The second-order valence-corrected chi connectivity index (χ2v) is 16.3. The number of carbonyl (C=O) groups excluding carboxylic acids is 2. The monoisotopic (exact) mass is 708 g/mol. The number of methoxy groups -OCH3 is 1. The number of likely N-dealkylation sites (tertiary alicyclic amines) is 1. The summed E-state index contributed by atoms with van der Waals surface area (Å²) >= 11 is 0. The van der Waals surface area contributed by atoms with Gasteiger partial charge in [-0.05, 0) is 120 Å². The number of aromatic nitrogens is 4. The molecule has 0 radical (unpaired) electrons. The molecule has 3 N–H and O–H groups in total. The molecular weight excluding hydrogens is 661 g/mol. The lowest BCUT2D eigenvalue weighted by Crippen LogP contribution is -2.51. The first kappa shape index (κ1) is 33.6. The molecule has 2 aromatic heterocycles. The molecule has 9 nitrogen and oxygen atoms in total. The number of rotatable bonds is 8. The van der Waals surface area contributed by atoms with Crippen LogP contribution < -0.4 is 5.32 Å². The Hall–Kier alpha value is -5.18. The minimum atomic E-state index is -0.659. The molecule has 2 bridgehead atoms. The van der Waals surface area contributed by atoms with E-state index in [0.29, 0.717) is 18.4 Å². The quantitative estimate of drug-likeness (QED) is 0.149. The van der Waals surface area contributed by atoms with Crippen molar-refractivity contribution in [1.82, 2.24) is 30.2 Å². The summed E-state index contributed by atoms with van der Waals surface area (Å²) < 4.78 is 4.84. The van der Waals surface area contributed by atoms with Crippen LogP contribution in [0.5, 0.6) is 0 Å². The van der Waals surface area contributed by atoms with Crippen molar-refractivity contribution < 1.29 is 14.3 Å². The Morgan fingerprint density at radius 1 is 0.792 bits per heavy atom. The lowest BCUT2D eigenvalue weighted by atomic mass is 9.63. The maximum Gasteiger partial charge on any atom is 0.407 e. The first-order valence-corrected chi connectivity index (χ1v) is 19.3. The van der Waals surface area contributed by atoms with Crippen molar-refractivity contribution in [2.45, 2.75) is 89.6 Å². The van der Waals surface area contributed by atoms with E-state index in [4.69, 9.17) is 9.72 Å². The van der Waals surface area contributed by atoms with Crippen molar-refractivity contribution in [3.63, 3.8) is 0 Å². The van der Waals surface area contributed by atoms with Gasteiger partial charge in [0.05, 0.1) is 36.9 Å². The van der Waals surface area contributed by atoms with Crippen molar-refractivity contribution in [2.75, 3.05) is 13.7 Å². The Kier molecular flexibility index (Phi) is 8.28. The second kappa shape index (κ2) is 13.0. The summed E-state index contributed by atoms with van der Waals surface area (Å²) in [6, 6.07) is 21.7. The largest absolute Gasteiger partial charge is 0.453 e. The smallest absolute Gasteiger partial charge is 0.407 e. The third-order valence-corrected chi connectivity index (χ3v) is 12.6. The number of aromatic amines is 2. The molecule has 5 aliphatic rings. The highest BCUT2D eigenvalue weighted by Gasteiger charge is 2.55. The fraction of sp³-hybridized carbons (Fsp3) is 0.409. The Morgan fingerprint density at radius 2 is 1.32 bits per heavy atom. The number of hydrogen-bond donors (Lipinski definition) is 3. The number of carbonyl (C=O) groups is 2. The van der Waals surface area contributed by atoms with Crippen LogP contribution in [-0.2, 0) is 9.53 Å². The van der Waals surface area contributed by atoms with Gasteiger partial charge in [-0.1, -0.05) is 74.5 Å². The Labute approximate surface area is 311 Å². The van der Waals surface area contributed by atoms with Gasteiger partial charge in [-0.2, -0.15) is 0 Å². The highest BCUT2D eigenvalue weighted by atomic mass is 16.5. The summed E-state index contributed by atoms with van der Waals surface area (Å²) in [6.07, 6.45) is 11.4. The van der Waals surface area contributed by atoms with Gasteiger partial charge in [0.15, 0.2) is 0 Å². The summed E-state index contributed by atoms with van der Waals surface area (Å²) in [7, 11) is 1.32. The first-order chi connectivity index (χ1) is 25.7. The van der Waals surface area contributed by atoms with E-state index >= 15 is 0 Å². The SMILES string of the molecule is COC(=O)N[C@H](C(=O)N1CC2(CC2)C[C@H]1c1ncc(-c2ccc(-c3ccc(-c4ccc(-c5cnc(C)[nH]5)cc4)c4c3C3CCC4CC3)cc2)[nH]1)C(C)C. The van der Waals surface area contributed by atoms with Crippen molar-refractivity contribution in [1.29, 1.82) is 0 Å². The highest BCUT2D eigenvalue weighted by Crippen LogP contribution is 2.59. The average Bonchev–Trinajstić information content (AvgIpc) is 3.49. The summed E-state index contributed by atoms with van der Waals surface area (Å²) in [5.74, 6) is 2.77. The van der Waals surface area contributed by atoms with Gasteiger partial charge in [-0.3, -0.25) is 4.79 Å². The minimum Gasteiger partial charge on any atom is -0.453 e. The molecular formula is C44H48N6O3.